The molecule has 224 valence electrons. The van der Waals surface area contributed by atoms with Crippen molar-refractivity contribution in [3.05, 3.63) is 60.2 Å². The molecule has 1 saturated heterocycles. The molecule has 2 aliphatic rings. The first-order valence-corrected chi connectivity index (χ1v) is 14.2. The highest BCUT2D eigenvalue weighted by atomic mass is 16.6. The summed E-state index contributed by atoms with van der Waals surface area (Å²) < 4.78 is 11.3. The predicted octanol–water partition coefficient (Wildman–Crippen LogP) is 5.17. The van der Waals surface area contributed by atoms with E-state index in [1.807, 2.05) is 58.9 Å². The van der Waals surface area contributed by atoms with Gasteiger partial charge in [-0.25, -0.2) is 9.59 Å². The van der Waals surface area contributed by atoms with E-state index < -0.39 is 41.7 Å². The number of nitrogens with one attached hydrogen (secondary N) is 1. The number of alkyl carbamates (subject to hydrolysis) is 1. The minimum Gasteiger partial charge on any atom is -0.449 e. The predicted molar refractivity (Wildman–Crippen MR) is 157 cm³/mol. The first kappa shape index (κ1) is 31.9. The number of Topliss-reactive ketones (excluding diaryl/α,β-unsaturated/α-hetero) is 1. The van der Waals surface area contributed by atoms with E-state index in [9.17, 15) is 19.2 Å². The van der Waals surface area contributed by atoms with Gasteiger partial charge in [0, 0.05) is 24.9 Å². The summed E-state index contributed by atoms with van der Waals surface area (Å²) >= 11 is 0. The maximum atomic E-state index is 13.8. The van der Waals surface area contributed by atoms with Crippen molar-refractivity contribution in [3.8, 4) is 0 Å². The van der Waals surface area contributed by atoms with Crippen LogP contribution in [0.4, 0.5) is 9.59 Å². The standard InChI is InChI=1S/C32H45N3O6/c1-9-12-22-13-11-14-23-17-34(19-25(22)23)30(39)41-24-16-26(21(3)36)35(18-24)28(37)27(31(4,5)6)33-29(38)40-20-32(7,8)15-10-2/h9-11,13-14,24,26-27H,1-2,12,15-20H2,3-8H3,(H,33,38)/t24-,26+,27-/m1/s1. The van der Waals surface area contributed by atoms with Crippen LogP contribution in [0.15, 0.2) is 43.5 Å². The van der Waals surface area contributed by atoms with Gasteiger partial charge in [0.05, 0.1) is 19.2 Å². The van der Waals surface area contributed by atoms with Crippen LogP contribution in [-0.2, 0) is 38.6 Å². The summed E-state index contributed by atoms with van der Waals surface area (Å²) in [6.07, 6.45) is 3.35. The van der Waals surface area contributed by atoms with E-state index in [1.54, 1.807) is 11.0 Å². The van der Waals surface area contributed by atoms with E-state index in [0.29, 0.717) is 19.5 Å². The van der Waals surface area contributed by atoms with Gasteiger partial charge in [-0.15, -0.1) is 13.2 Å². The molecule has 1 aromatic carbocycles. The molecule has 1 aromatic rings. The van der Waals surface area contributed by atoms with Crippen molar-refractivity contribution < 1.29 is 28.7 Å². The Hall–Kier alpha value is -3.62. The highest BCUT2D eigenvalue weighted by molar-refractivity contribution is 5.92. The fraction of sp³-hybridized carbons (Fsp3) is 0.562. The van der Waals surface area contributed by atoms with Gasteiger partial charge in [-0.05, 0) is 41.9 Å². The zero-order chi connectivity index (χ0) is 30.5. The van der Waals surface area contributed by atoms with Gasteiger partial charge in [-0.3, -0.25) is 14.5 Å². The fourth-order valence-corrected chi connectivity index (χ4v) is 5.38. The number of nitrogens with zero attached hydrogens (tertiary/aromatic N) is 2. The Bertz CT molecular complexity index is 1180. The summed E-state index contributed by atoms with van der Waals surface area (Å²) in [7, 11) is 0. The van der Waals surface area contributed by atoms with E-state index in [1.165, 1.54) is 11.8 Å². The number of hydrogen-bond donors (Lipinski definition) is 1. The number of allylic oxidation sites excluding steroid dienone is 2. The van der Waals surface area contributed by atoms with Crippen LogP contribution in [-0.4, -0.2) is 65.0 Å². The summed E-state index contributed by atoms with van der Waals surface area (Å²) in [5.41, 5.74) is 2.34. The molecule has 0 aliphatic carbocycles. The molecule has 1 N–H and O–H groups in total. The molecule has 0 bridgehead atoms. The van der Waals surface area contributed by atoms with Gasteiger partial charge in [-0.2, -0.15) is 0 Å². The van der Waals surface area contributed by atoms with Crippen LogP contribution in [0.3, 0.4) is 0 Å². The summed E-state index contributed by atoms with van der Waals surface area (Å²) in [5, 5.41) is 2.72. The summed E-state index contributed by atoms with van der Waals surface area (Å²) in [5.74, 6) is -0.623. The van der Waals surface area contributed by atoms with Crippen molar-refractivity contribution in [2.24, 2.45) is 10.8 Å². The van der Waals surface area contributed by atoms with Gasteiger partial charge in [0.25, 0.3) is 0 Å². The number of ketones is 1. The normalized spacial score (nSPS) is 19.3. The molecule has 3 amide bonds. The monoisotopic (exact) mass is 567 g/mol. The van der Waals surface area contributed by atoms with Crippen molar-refractivity contribution in [2.45, 2.75) is 92.1 Å². The van der Waals surface area contributed by atoms with Crippen LogP contribution < -0.4 is 5.32 Å². The number of amides is 3. The van der Waals surface area contributed by atoms with Crippen LogP contribution in [0.2, 0.25) is 0 Å². The second-order valence-corrected chi connectivity index (χ2v) is 12.9. The molecular weight excluding hydrogens is 522 g/mol. The molecule has 3 atom stereocenters. The molecule has 9 nitrogen and oxygen atoms in total. The Morgan fingerprint density at radius 3 is 2.41 bits per heavy atom. The van der Waals surface area contributed by atoms with Gasteiger partial charge >= 0.3 is 12.2 Å². The zero-order valence-electron chi connectivity index (χ0n) is 25.3. The third-order valence-corrected chi connectivity index (χ3v) is 7.65. The van der Waals surface area contributed by atoms with Gasteiger partial charge in [-0.1, -0.05) is 65.0 Å². The smallest absolute Gasteiger partial charge is 0.410 e. The topological polar surface area (TPSA) is 105 Å². The molecule has 0 unspecified atom stereocenters. The largest absolute Gasteiger partial charge is 0.449 e. The number of benzene rings is 1. The summed E-state index contributed by atoms with van der Waals surface area (Å²) in [6, 6.07) is 4.30. The Kier molecular flexibility index (Phi) is 10.0. The van der Waals surface area contributed by atoms with E-state index in [2.05, 4.69) is 18.5 Å². The zero-order valence-corrected chi connectivity index (χ0v) is 25.3. The van der Waals surface area contributed by atoms with Crippen molar-refractivity contribution in [2.75, 3.05) is 13.2 Å². The first-order chi connectivity index (χ1) is 19.2. The second-order valence-electron chi connectivity index (χ2n) is 12.9. The van der Waals surface area contributed by atoms with Crippen LogP contribution in [0.5, 0.6) is 0 Å². The second kappa shape index (κ2) is 12.9. The highest BCUT2D eigenvalue weighted by Crippen LogP contribution is 2.31. The minimum absolute atomic E-state index is 0.0625. The highest BCUT2D eigenvalue weighted by Gasteiger charge is 2.45. The van der Waals surface area contributed by atoms with Gasteiger partial charge in [0.2, 0.25) is 5.91 Å². The SMILES string of the molecule is C=CCc1cccc2c1CN(C(=O)O[C@@H]1C[C@@H](C(C)=O)N(C(=O)[C@@H](NC(=O)OCC(C)(C)CC=C)C(C)(C)C)C1)C2. The van der Waals surface area contributed by atoms with E-state index in [4.69, 9.17) is 9.47 Å². The lowest BCUT2D eigenvalue weighted by Crippen LogP contribution is -2.56. The average Bonchev–Trinajstić information content (AvgIpc) is 3.51. The van der Waals surface area contributed by atoms with Crippen LogP contribution >= 0.6 is 0 Å². The Balaban J connectivity index is 1.68. The Morgan fingerprint density at radius 1 is 1.10 bits per heavy atom. The maximum Gasteiger partial charge on any atom is 0.410 e. The van der Waals surface area contributed by atoms with Crippen LogP contribution in [0.1, 0.15) is 71.1 Å². The lowest BCUT2D eigenvalue weighted by Gasteiger charge is -2.35. The van der Waals surface area contributed by atoms with Crippen molar-refractivity contribution in [1.82, 2.24) is 15.1 Å². The molecule has 2 heterocycles. The third-order valence-electron chi connectivity index (χ3n) is 7.65. The number of fused-ring (bicyclic) bond motifs is 1. The first-order valence-electron chi connectivity index (χ1n) is 14.2. The minimum atomic E-state index is -0.954. The third kappa shape index (κ3) is 7.99. The average molecular weight is 568 g/mol. The lowest BCUT2D eigenvalue weighted by atomic mass is 9.85. The summed E-state index contributed by atoms with van der Waals surface area (Å²) in [6.45, 7) is 19.5. The van der Waals surface area contributed by atoms with Crippen LogP contribution in [0.25, 0.3) is 0 Å². The quantitative estimate of drug-likeness (QED) is 0.391. The van der Waals surface area contributed by atoms with E-state index in [-0.39, 0.29) is 30.8 Å². The van der Waals surface area contributed by atoms with Crippen molar-refractivity contribution >= 4 is 23.9 Å². The number of hydrogen-bond acceptors (Lipinski definition) is 6. The van der Waals surface area contributed by atoms with Gasteiger partial charge < -0.3 is 19.7 Å². The molecule has 3 rings (SSSR count). The van der Waals surface area contributed by atoms with E-state index in [0.717, 1.165) is 23.1 Å². The Morgan fingerprint density at radius 2 is 1.80 bits per heavy atom. The number of carbonyl (C=O) groups is 4. The molecule has 0 radical (unpaired) electrons. The fourth-order valence-electron chi connectivity index (χ4n) is 5.38. The molecule has 2 aliphatic heterocycles. The molecule has 9 heteroatoms. The molecule has 0 aromatic heterocycles. The van der Waals surface area contributed by atoms with Gasteiger partial charge in [0.1, 0.15) is 12.1 Å². The number of carbonyl (C=O) groups excluding carboxylic acids is 4. The molecule has 1 fully saturated rings. The molecule has 0 saturated carbocycles. The number of likely N-dealkylation sites (tertiary alicyclic amines) is 1. The van der Waals surface area contributed by atoms with Crippen molar-refractivity contribution in [3.63, 3.8) is 0 Å². The number of ether oxygens (including phenoxy) is 2. The molecular formula is C32H45N3O6. The lowest BCUT2D eigenvalue weighted by molar-refractivity contribution is -0.141. The Labute approximate surface area is 243 Å². The van der Waals surface area contributed by atoms with Gasteiger partial charge in [0.15, 0.2) is 5.78 Å². The summed E-state index contributed by atoms with van der Waals surface area (Å²) in [4.78, 5) is 55.3. The maximum absolute atomic E-state index is 13.8. The van der Waals surface area contributed by atoms with Crippen LogP contribution in [0, 0.1) is 10.8 Å². The van der Waals surface area contributed by atoms with E-state index >= 15 is 0 Å². The molecule has 41 heavy (non-hydrogen) atoms. The van der Waals surface area contributed by atoms with Crippen molar-refractivity contribution in [1.29, 1.82) is 0 Å². The molecule has 0 spiro atoms. The number of rotatable bonds is 10.